The zero-order chi connectivity index (χ0) is 17.4. The van der Waals surface area contributed by atoms with Crippen LogP contribution in [0.2, 0.25) is 0 Å². The molecule has 1 aromatic heterocycles. The van der Waals surface area contributed by atoms with Crippen molar-refractivity contribution in [2.45, 2.75) is 27.2 Å². The Balaban J connectivity index is 2.02. The van der Waals surface area contributed by atoms with Gasteiger partial charge in [0.25, 0.3) is 5.91 Å². The molecule has 0 aliphatic carbocycles. The summed E-state index contributed by atoms with van der Waals surface area (Å²) in [6.45, 7) is 5.98. The van der Waals surface area contributed by atoms with Crippen molar-refractivity contribution < 1.29 is 4.79 Å². The minimum atomic E-state index is -0.136. The van der Waals surface area contributed by atoms with E-state index >= 15 is 0 Å². The summed E-state index contributed by atoms with van der Waals surface area (Å²) in [5.41, 5.74) is 5.24. The van der Waals surface area contributed by atoms with Crippen LogP contribution in [-0.2, 0) is 18.3 Å². The van der Waals surface area contributed by atoms with E-state index in [1.165, 1.54) is 0 Å². The summed E-state index contributed by atoms with van der Waals surface area (Å²) in [6.07, 6.45) is 2.67. The Hall–Kier alpha value is -2.47. The normalized spacial score (nSPS) is 16.2. The highest BCUT2D eigenvalue weighted by Crippen LogP contribution is 2.27. The summed E-state index contributed by atoms with van der Waals surface area (Å²) in [5, 5.41) is 7.84. The number of aromatic nitrogens is 2. The topological polar surface area (TPSA) is 50.2 Å². The van der Waals surface area contributed by atoms with E-state index in [-0.39, 0.29) is 5.91 Å². The van der Waals surface area contributed by atoms with Gasteiger partial charge in [0.2, 0.25) is 0 Å². The molecule has 1 aliphatic rings. The van der Waals surface area contributed by atoms with Crippen molar-refractivity contribution in [3.8, 4) is 0 Å². The summed E-state index contributed by atoms with van der Waals surface area (Å²) in [6, 6.07) is 7.83. The SMILES string of the molecule is CCc1ccccc1N1C(=O)/C(=C\c2c(C)nn(C)c2C)NC1=S. The van der Waals surface area contributed by atoms with Crippen molar-refractivity contribution in [3.63, 3.8) is 0 Å². The minimum absolute atomic E-state index is 0.136. The molecular formula is C18H20N4OS. The number of benzene rings is 1. The van der Waals surface area contributed by atoms with Gasteiger partial charge in [-0.2, -0.15) is 5.10 Å². The minimum Gasteiger partial charge on any atom is -0.327 e. The van der Waals surface area contributed by atoms with E-state index in [0.717, 1.165) is 34.6 Å². The smallest absolute Gasteiger partial charge is 0.281 e. The van der Waals surface area contributed by atoms with Gasteiger partial charge >= 0.3 is 0 Å². The van der Waals surface area contributed by atoms with Gasteiger partial charge in [0.1, 0.15) is 5.70 Å². The molecule has 24 heavy (non-hydrogen) atoms. The van der Waals surface area contributed by atoms with E-state index in [4.69, 9.17) is 12.2 Å². The number of rotatable bonds is 3. The van der Waals surface area contributed by atoms with E-state index in [9.17, 15) is 4.79 Å². The molecule has 1 saturated heterocycles. The molecule has 1 amide bonds. The van der Waals surface area contributed by atoms with Crippen LogP contribution >= 0.6 is 12.2 Å². The molecule has 5 nitrogen and oxygen atoms in total. The predicted octanol–water partition coefficient (Wildman–Crippen LogP) is 2.86. The van der Waals surface area contributed by atoms with Crippen molar-refractivity contribution in [2.75, 3.05) is 4.90 Å². The molecule has 0 atom stereocenters. The third-order valence-corrected chi connectivity index (χ3v) is 4.63. The summed E-state index contributed by atoms with van der Waals surface area (Å²) >= 11 is 5.40. The Morgan fingerprint density at radius 1 is 1.29 bits per heavy atom. The summed E-state index contributed by atoms with van der Waals surface area (Å²) in [7, 11) is 1.89. The largest absolute Gasteiger partial charge is 0.327 e. The van der Waals surface area contributed by atoms with Gasteiger partial charge in [0, 0.05) is 18.3 Å². The first-order chi connectivity index (χ1) is 11.4. The number of carbonyl (C=O) groups is 1. The van der Waals surface area contributed by atoms with Crippen molar-refractivity contribution in [1.82, 2.24) is 15.1 Å². The molecule has 1 aliphatic heterocycles. The molecule has 6 heteroatoms. The van der Waals surface area contributed by atoms with Gasteiger partial charge in [0.15, 0.2) is 5.11 Å². The van der Waals surface area contributed by atoms with Crippen LogP contribution < -0.4 is 10.2 Å². The van der Waals surface area contributed by atoms with Crippen molar-refractivity contribution >= 4 is 35.0 Å². The Kier molecular flexibility index (Phi) is 4.24. The second-order valence-corrected chi connectivity index (χ2v) is 6.21. The summed E-state index contributed by atoms with van der Waals surface area (Å²) < 4.78 is 1.81. The first-order valence-electron chi connectivity index (χ1n) is 7.89. The average molecular weight is 340 g/mol. The van der Waals surface area contributed by atoms with Crippen LogP contribution in [0.4, 0.5) is 5.69 Å². The highest BCUT2D eigenvalue weighted by molar-refractivity contribution is 7.80. The molecule has 124 valence electrons. The number of nitrogens with zero attached hydrogens (tertiary/aromatic N) is 3. The molecule has 1 aromatic carbocycles. The van der Waals surface area contributed by atoms with Crippen LogP contribution in [-0.4, -0.2) is 20.8 Å². The number of thiocarbonyl (C=S) groups is 1. The Bertz CT molecular complexity index is 866. The highest BCUT2D eigenvalue weighted by atomic mass is 32.1. The predicted molar refractivity (Wildman–Crippen MR) is 99.7 cm³/mol. The number of anilines is 1. The highest BCUT2D eigenvalue weighted by Gasteiger charge is 2.33. The van der Waals surface area contributed by atoms with Gasteiger partial charge in [-0.15, -0.1) is 0 Å². The Morgan fingerprint density at radius 2 is 2.00 bits per heavy atom. The monoisotopic (exact) mass is 340 g/mol. The van der Waals surface area contributed by atoms with Gasteiger partial charge in [-0.1, -0.05) is 25.1 Å². The van der Waals surface area contributed by atoms with Gasteiger partial charge < -0.3 is 5.32 Å². The fraction of sp³-hybridized carbons (Fsp3) is 0.278. The molecule has 1 N–H and O–H groups in total. The number of hydrogen-bond acceptors (Lipinski definition) is 3. The van der Waals surface area contributed by atoms with Gasteiger partial charge in [-0.3, -0.25) is 14.4 Å². The van der Waals surface area contributed by atoms with Crippen LogP contribution in [0.5, 0.6) is 0 Å². The summed E-state index contributed by atoms with van der Waals surface area (Å²) in [4.78, 5) is 14.5. The molecular weight excluding hydrogens is 320 g/mol. The second-order valence-electron chi connectivity index (χ2n) is 5.82. The van der Waals surface area contributed by atoms with Gasteiger partial charge in [-0.05, 0) is 50.2 Å². The lowest BCUT2D eigenvalue weighted by Crippen LogP contribution is -2.31. The zero-order valence-corrected chi connectivity index (χ0v) is 15.1. The molecule has 2 aromatic rings. The van der Waals surface area contributed by atoms with Crippen LogP contribution in [0.25, 0.3) is 6.08 Å². The molecule has 0 spiro atoms. The third kappa shape index (κ3) is 2.63. The van der Waals surface area contributed by atoms with Crippen molar-refractivity contribution in [1.29, 1.82) is 0 Å². The Morgan fingerprint density at radius 3 is 2.62 bits per heavy atom. The zero-order valence-electron chi connectivity index (χ0n) is 14.3. The molecule has 2 heterocycles. The van der Waals surface area contributed by atoms with Crippen molar-refractivity contribution in [3.05, 3.63) is 52.5 Å². The standard InChI is InChI=1S/C18H20N4OS/c1-5-13-8-6-7-9-16(13)22-17(23)15(19-18(22)24)10-14-11(2)20-21(4)12(14)3/h6-10H,5H2,1-4H3,(H,19,24)/b15-10+. The third-order valence-electron chi connectivity index (χ3n) is 4.35. The maximum atomic E-state index is 12.9. The molecule has 3 rings (SSSR count). The number of carbonyl (C=O) groups excluding carboxylic acids is 1. The van der Waals surface area contributed by atoms with Crippen LogP contribution in [0, 0.1) is 13.8 Å². The molecule has 0 radical (unpaired) electrons. The van der Waals surface area contributed by atoms with E-state index in [1.807, 2.05) is 55.9 Å². The number of nitrogens with one attached hydrogen (secondary N) is 1. The van der Waals surface area contributed by atoms with E-state index < -0.39 is 0 Å². The van der Waals surface area contributed by atoms with Crippen molar-refractivity contribution in [2.24, 2.45) is 7.05 Å². The van der Waals surface area contributed by atoms with E-state index in [2.05, 4.69) is 17.3 Å². The fourth-order valence-corrected chi connectivity index (χ4v) is 3.22. The van der Waals surface area contributed by atoms with Crippen LogP contribution in [0.15, 0.2) is 30.0 Å². The summed E-state index contributed by atoms with van der Waals surface area (Å²) in [5.74, 6) is -0.136. The first kappa shape index (κ1) is 16.4. The molecule has 0 unspecified atom stereocenters. The Labute approximate surface area is 147 Å². The van der Waals surface area contributed by atoms with E-state index in [1.54, 1.807) is 4.90 Å². The van der Waals surface area contributed by atoms with Gasteiger partial charge in [0.05, 0.1) is 11.4 Å². The van der Waals surface area contributed by atoms with Crippen LogP contribution in [0.3, 0.4) is 0 Å². The second kappa shape index (κ2) is 6.20. The average Bonchev–Trinajstić information content (AvgIpc) is 2.97. The van der Waals surface area contributed by atoms with Crippen LogP contribution in [0.1, 0.15) is 29.4 Å². The lowest BCUT2D eigenvalue weighted by Gasteiger charge is -2.17. The lowest BCUT2D eigenvalue weighted by atomic mass is 10.1. The quantitative estimate of drug-likeness (QED) is 0.689. The number of hydrogen-bond donors (Lipinski definition) is 1. The molecule has 1 fully saturated rings. The maximum Gasteiger partial charge on any atom is 0.281 e. The number of para-hydroxylation sites is 1. The fourth-order valence-electron chi connectivity index (χ4n) is 2.93. The van der Waals surface area contributed by atoms with Gasteiger partial charge in [-0.25, -0.2) is 0 Å². The lowest BCUT2D eigenvalue weighted by molar-refractivity contribution is -0.113. The maximum absolute atomic E-state index is 12.9. The number of aryl methyl sites for hydroxylation is 3. The first-order valence-corrected chi connectivity index (χ1v) is 8.30. The molecule has 0 saturated carbocycles. The van der Waals surface area contributed by atoms with E-state index in [0.29, 0.717) is 10.8 Å². The molecule has 0 bridgehead atoms. The number of amides is 1.